The van der Waals surface area contributed by atoms with E-state index in [2.05, 4.69) is 22.4 Å². The minimum Gasteiger partial charge on any atom is -0.486 e. The molecule has 3 heterocycles. The van der Waals surface area contributed by atoms with Crippen LogP contribution in [0, 0.1) is 5.82 Å². The van der Waals surface area contributed by atoms with Crippen molar-refractivity contribution in [1.29, 1.82) is 0 Å². The number of thiophene rings is 1. The number of nitrogens with zero attached hydrogens (tertiary/aromatic N) is 2. The second-order valence-corrected chi connectivity index (χ2v) is 7.69. The molecule has 0 N–H and O–H groups in total. The maximum absolute atomic E-state index is 12.9. The highest BCUT2D eigenvalue weighted by Gasteiger charge is 2.24. The molecule has 1 fully saturated rings. The third kappa shape index (κ3) is 4.61. The Morgan fingerprint density at radius 3 is 2.57 bits per heavy atom. The summed E-state index contributed by atoms with van der Waals surface area (Å²) in [7, 11) is 0. The Bertz CT molecular complexity index is 900. The summed E-state index contributed by atoms with van der Waals surface area (Å²) in [6.45, 7) is 4.20. The zero-order chi connectivity index (χ0) is 19.3. The Hall–Kier alpha value is -2.64. The highest BCUT2D eigenvalue weighted by molar-refractivity contribution is 7.09. The zero-order valence-corrected chi connectivity index (χ0v) is 16.2. The fourth-order valence-electron chi connectivity index (χ4n) is 3.14. The highest BCUT2D eigenvalue weighted by Crippen LogP contribution is 2.18. The molecule has 0 unspecified atom stereocenters. The number of benzene rings is 1. The molecule has 0 atom stereocenters. The van der Waals surface area contributed by atoms with E-state index in [-0.39, 0.29) is 18.3 Å². The van der Waals surface area contributed by atoms with Crippen molar-refractivity contribution in [3.63, 3.8) is 0 Å². The van der Waals surface area contributed by atoms with E-state index in [1.807, 2.05) is 4.90 Å². The fraction of sp³-hybridized carbons (Fsp3) is 0.286. The molecule has 4 rings (SSSR count). The van der Waals surface area contributed by atoms with Crippen LogP contribution in [-0.2, 0) is 13.2 Å². The standard InChI is InChI=1S/C21H21FN2O3S/c22-16-3-5-17(6-4-16)26-15-18-7-8-20(27-18)21(25)24-11-9-23(10-12-24)14-19-2-1-13-28-19/h1-8,13H,9-12,14-15H2. The number of carbonyl (C=O) groups excluding carboxylic acids is 1. The van der Waals surface area contributed by atoms with E-state index in [9.17, 15) is 9.18 Å². The Labute approximate surface area is 166 Å². The molecule has 1 amide bonds. The molecule has 0 bridgehead atoms. The predicted molar refractivity (Wildman–Crippen MR) is 105 cm³/mol. The molecule has 3 aromatic rings. The Balaban J connectivity index is 1.27. The van der Waals surface area contributed by atoms with Gasteiger partial charge in [0, 0.05) is 37.6 Å². The van der Waals surface area contributed by atoms with Crippen molar-refractivity contribution in [3.8, 4) is 5.75 Å². The van der Waals surface area contributed by atoms with Gasteiger partial charge in [-0.05, 0) is 47.8 Å². The largest absolute Gasteiger partial charge is 0.486 e. The molecule has 5 nitrogen and oxygen atoms in total. The van der Waals surface area contributed by atoms with Crippen LogP contribution in [0.15, 0.2) is 58.3 Å². The van der Waals surface area contributed by atoms with Crippen molar-refractivity contribution >= 4 is 17.2 Å². The van der Waals surface area contributed by atoms with E-state index in [0.717, 1.165) is 19.6 Å². The average Bonchev–Trinajstić information content (AvgIpc) is 3.40. The number of carbonyl (C=O) groups is 1. The summed E-state index contributed by atoms with van der Waals surface area (Å²) in [4.78, 5) is 18.2. The summed E-state index contributed by atoms with van der Waals surface area (Å²) in [5.74, 6) is 1.03. The molecule has 1 aromatic carbocycles. The van der Waals surface area contributed by atoms with Crippen molar-refractivity contribution in [2.75, 3.05) is 26.2 Å². The lowest BCUT2D eigenvalue weighted by Crippen LogP contribution is -2.48. The third-order valence-electron chi connectivity index (χ3n) is 4.69. The topological polar surface area (TPSA) is 45.9 Å². The van der Waals surface area contributed by atoms with Gasteiger partial charge < -0.3 is 14.1 Å². The first-order valence-electron chi connectivity index (χ1n) is 9.18. The molecule has 0 aliphatic carbocycles. The number of hydrogen-bond donors (Lipinski definition) is 0. The molecule has 0 spiro atoms. The second-order valence-electron chi connectivity index (χ2n) is 6.66. The quantitative estimate of drug-likeness (QED) is 0.627. The number of amides is 1. The van der Waals surface area contributed by atoms with E-state index in [1.165, 1.54) is 17.0 Å². The molecule has 146 valence electrons. The van der Waals surface area contributed by atoms with Gasteiger partial charge >= 0.3 is 0 Å². The minimum atomic E-state index is -0.311. The van der Waals surface area contributed by atoms with Gasteiger partial charge in [-0.3, -0.25) is 9.69 Å². The van der Waals surface area contributed by atoms with Gasteiger partial charge in [-0.1, -0.05) is 6.07 Å². The Morgan fingerprint density at radius 1 is 1.07 bits per heavy atom. The number of rotatable bonds is 6. The van der Waals surface area contributed by atoms with Crippen LogP contribution in [0.5, 0.6) is 5.75 Å². The first-order valence-corrected chi connectivity index (χ1v) is 10.1. The first-order chi connectivity index (χ1) is 13.7. The van der Waals surface area contributed by atoms with Gasteiger partial charge in [0.05, 0.1) is 0 Å². The predicted octanol–water partition coefficient (Wildman–Crippen LogP) is 4.02. The average molecular weight is 400 g/mol. The van der Waals surface area contributed by atoms with Gasteiger partial charge in [0.15, 0.2) is 5.76 Å². The normalized spacial score (nSPS) is 15.0. The molecule has 1 aliphatic heterocycles. The van der Waals surface area contributed by atoms with Gasteiger partial charge in [-0.2, -0.15) is 0 Å². The molecule has 1 aliphatic rings. The zero-order valence-electron chi connectivity index (χ0n) is 15.3. The third-order valence-corrected chi connectivity index (χ3v) is 5.55. The van der Waals surface area contributed by atoms with E-state index in [1.54, 1.807) is 35.6 Å². The highest BCUT2D eigenvalue weighted by atomic mass is 32.1. The van der Waals surface area contributed by atoms with Crippen LogP contribution in [0.2, 0.25) is 0 Å². The minimum absolute atomic E-state index is 0.0937. The van der Waals surface area contributed by atoms with Gasteiger partial charge in [0.25, 0.3) is 5.91 Å². The first kappa shape index (κ1) is 18.7. The SMILES string of the molecule is O=C(c1ccc(COc2ccc(F)cc2)o1)N1CCN(Cc2cccs2)CC1. The van der Waals surface area contributed by atoms with Crippen molar-refractivity contribution in [3.05, 3.63) is 76.1 Å². The van der Waals surface area contributed by atoms with Crippen LogP contribution in [0.25, 0.3) is 0 Å². The van der Waals surface area contributed by atoms with Crippen molar-refractivity contribution in [2.24, 2.45) is 0 Å². The van der Waals surface area contributed by atoms with Crippen molar-refractivity contribution < 1.29 is 18.3 Å². The van der Waals surface area contributed by atoms with Gasteiger partial charge in [0.2, 0.25) is 0 Å². The summed E-state index contributed by atoms with van der Waals surface area (Å²) >= 11 is 1.76. The summed E-state index contributed by atoms with van der Waals surface area (Å²) in [6.07, 6.45) is 0. The maximum atomic E-state index is 12.9. The Morgan fingerprint density at radius 2 is 1.86 bits per heavy atom. The Kier molecular flexibility index (Phi) is 5.73. The van der Waals surface area contributed by atoms with Crippen LogP contribution >= 0.6 is 11.3 Å². The summed E-state index contributed by atoms with van der Waals surface area (Å²) in [5.41, 5.74) is 0. The number of furan rings is 1. The monoisotopic (exact) mass is 400 g/mol. The van der Waals surface area contributed by atoms with E-state index < -0.39 is 0 Å². The van der Waals surface area contributed by atoms with E-state index in [4.69, 9.17) is 9.15 Å². The van der Waals surface area contributed by atoms with Gasteiger partial charge in [-0.25, -0.2) is 4.39 Å². The van der Waals surface area contributed by atoms with Gasteiger partial charge in [-0.15, -0.1) is 11.3 Å². The second kappa shape index (κ2) is 8.58. The summed E-state index contributed by atoms with van der Waals surface area (Å²) in [5, 5.41) is 2.09. The van der Waals surface area contributed by atoms with E-state index >= 15 is 0 Å². The lowest BCUT2D eigenvalue weighted by Gasteiger charge is -2.34. The lowest BCUT2D eigenvalue weighted by molar-refractivity contribution is 0.0595. The molecule has 7 heteroatoms. The maximum Gasteiger partial charge on any atom is 0.289 e. The number of hydrogen-bond acceptors (Lipinski definition) is 5. The van der Waals surface area contributed by atoms with Crippen LogP contribution in [-0.4, -0.2) is 41.9 Å². The lowest BCUT2D eigenvalue weighted by atomic mass is 10.2. The summed E-state index contributed by atoms with van der Waals surface area (Å²) < 4.78 is 24.1. The van der Waals surface area contributed by atoms with Gasteiger partial charge in [0.1, 0.15) is 23.9 Å². The van der Waals surface area contributed by atoms with Crippen molar-refractivity contribution in [1.82, 2.24) is 9.80 Å². The molecule has 2 aromatic heterocycles. The van der Waals surface area contributed by atoms with Crippen molar-refractivity contribution in [2.45, 2.75) is 13.2 Å². The van der Waals surface area contributed by atoms with Crippen LogP contribution < -0.4 is 4.74 Å². The number of piperazine rings is 1. The molecular formula is C21H21FN2O3S. The fourth-order valence-corrected chi connectivity index (χ4v) is 3.89. The number of ether oxygens (including phenoxy) is 1. The molecular weight excluding hydrogens is 379 g/mol. The molecule has 0 radical (unpaired) electrons. The molecule has 1 saturated heterocycles. The van der Waals surface area contributed by atoms with Crippen LogP contribution in [0.3, 0.4) is 0 Å². The van der Waals surface area contributed by atoms with Crippen LogP contribution in [0.1, 0.15) is 21.2 Å². The van der Waals surface area contributed by atoms with Crippen LogP contribution in [0.4, 0.5) is 4.39 Å². The smallest absolute Gasteiger partial charge is 0.289 e. The van der Waals surface area contributed by atoms with E-state index in [0.29, 0.717) is 30.4 Å². The summed E-state index contributed by atoms with van der Waals surface area (Å²) in [6, 6.07) is 13.4. The molecule has 28 heavy (non-hydrogen) atoms. The molecule has 0 saturated carbocycles. The number of halogens is 1.